The van der Waals surface area contributed by atoms with Crippen molar-refractivity contribution in [3.63, 3.8) is 0 Å². The maximum atomic E-state index is 9.19. The molecule has 3 aliphatic rings. The molecule has 3 atom stereocenters. The molecule has 6 nitrogen and oxygen atoms in total. The number of nitriles is 1. The summed E-state index contributed by atoms with van der Waals surface area (Å²) >= 11 is 0. The number of nitrogens with zero attached hydrogens (tertiary/aromatic N) is 2. The van der Waals surface area contributed by atoms with Crippen LogP contribution in [0.5, 0.6) is 5.75 Å². The van der Waals surface area contributed by atoms with Gasteiger partial charge in [0.25, 0.3) is 6.02 Å². The summed E-state index contributed by atoms with van der Waals surface area (Å²) in [6.07, 6.45) is 0.866. The molecule has 0 radical (unpaired) electrons. The molecule has 1 spiro atoms. The molecule has 5 rings (SSSR count). The highest BCUT2D eigenvalue weighted by molar-refractivity contribution is 5.75. The summed E-state index contributed by atoms with van der Waals surface area (Å²) in [4.78, 5) is 4.73. The largest absolute Gasteiger partial charge is 0.489 e. The predicted molar refractivity (Wildman–Crippen MR) is 99.2 cm³/mol. The zero-order valence-corrected chi connectivity index (χ0v) is 14.7. The molecular formula is C21H19N3O3. The normalized spacial score (nSPS) is 28.3. The standard InChI is InChI=1S/C21H19N3O3/c22-10-13-2-1-3-14(8-13)15-4-5-18-16(9-15)21(12-26-20(23)24-21)17-11-25-7-6-19(17)27-18/h1-5,8-9,17,19H,6-7,11-12H2,(H2,23,24). The Morgan fingerprint density at radius 3 is 2.89 bits per heavy atom. The fraction of sp³-hybridized carbons (Fsp3) is 0.333. The lowest BCUT2D eigenvalue weighted by molar-refractivity contribution is -0.0726. The van der Waals surface area contributed by atoms with E-state index in [0.717, 1.165) is 28.9 Å². The summed E-state index contributed by atoms with van der Waals surface area (Å²) in [5, 5.41) is 9.19. The van der Waals surface area contributed by atoms with E-state index in [-0.39, 0.29) is 18.0 Å². The van der Waals surface area contributed by atoms with Crippen LogP contribution in [0.15, 0.2) is 47.5 Å². The van der Waals surface area contributed by atoms with Crippen molar-refractivity contribution in [2.75, 3.05) is 19.8 Å². The van der Waals surface area contributed by atoms with Crippen LogP contribution < -0.4 is 10.5 Å². The van der Waals surface area contributed by atoms with Gasteiger partial charge in [0, 0.05) is 12.0 Å². The van der Waals surface area contributed by atoms with E-state index >= 15 is 0 Å². The molecule has 0 aliphatic carbocycles. The van der Waals surface area contributed by atoms with Gasteiger partial charge in [-0.25, -0.2) is 4.99 Å². The average molecular weight is 361 g/mol. The molecule has 2 N–H and O–H groups in total. The van der Waals surface area contributed by atoms with Crippen LogP contribution in [0.2, 0.25) is 0 Å². The van der Waals surface area contributed by atoms with Gasteiger partial charge in [-0.2, -0.15) is 5.26 Å². The van der Waals surface area contributed by atoms with Crippen LogP contribution in [-0.2, 0) is 15.0 Å². The van der Waals surface area contributed by atoms with Gasteiger partial charge in [-0.3, -0.25) is 0 Å². The monoisotopic (exact) mass is 361 g/mol. The Hall–Kier alpha value is -3.04. The lowest BCUT2D eigenvalue weighted by Gasteiger charge is -2.45. The van der Waals surface area contributed by atoms with Gasteiger partial charge in [-0.15, -0.1) is 0 Å². The summed E-state index contributed by atoms with van der Waals surface area (Å²) < 4.78 is 17.6. The van der Waals surface area contributed by atoms with E-state index in [1.165, 1.54) is 0 Å². The SMILES string of the molecule is N#Cc1cccc(-c2ccc3c(c2)C2(COC(N)=N2)C2COCCC2O3)c1. The summed E-state index contributed by atoms with van der Waals surface area (Å²) in [5.41, 5.74) is 8.90. The average Bonchev–Trinajstić information content (AvgIpc) is 3.10. The van der Waals surface area contributed by atoms with Crippen LogP contribution in [-0.4, -0.2) is 31.9 Å². The molecular weight excluding hydrogens is 342 g/mol. The van der Waals surface area contributed by atoms with Gasteiger partial charge < -0.3 is 19.9 Å². The molecule has 3 unspecified atom stereocenters. The van der Waals surface area contributed by atoms with Crippen molar-refractivity contribution in [1.29, 1.82) is 5.26 Å². The Morgan fingerprint density at radius 2 is 2.07 bits per heavy atom. The van der Waals surface area contributed by atoms with Gasteiger partial charge in [0.05, 0.1) is 30.8 Å². The second kappa shape index (κ2) is 6.00. The third kappa shape index (κ3) is 2.47. The van der Waals surface area contributed by atoms with Crippen LogP contribution >= 0.6 is 0 Å². The Balaban J connectivity index is 1.66. The summed E-state index contributed by atoms with van der Waals surface area (Å²) in [6.45, 7) is 1.64. The number of ether oxygens (including phenoxy) is 3. The molecule has 3 heterocycles. The van der Waals surface area contributed by atoms with Gasteiger partial charge in [-0.05, 0) is 35.4 Å². The number of fused-ring (bicyclic) bond motifs is 4. The molecule has 0 amide bonds. The maximum Gasteiger partial charge on any atom is 0.283 e. The van der Waals surface area contributed by atoms with E-state index in [9.17, 15) is 5.26 Å². The number of aliphatic imine (C=N–C) groups is 1. The number of nitrogens with two attached hydrogens (primary N) is 1. The molecule has 0 saturated carbocycles. The molecule has 3 aliphatic heterocycles. The molecule has 2 aromatic rings. The molecule has 1 fully saturated rings. The van der Waals surface area contributed by atoms with Crippen molar-refractivity contribution in [3.8, 4) is 22.9 Å². The summed E-state index contributed by atoms with van der Waals surface area (Å²) in [6, 6.07) is 16.1. The van der Waals surface area contributed by atoms with Crippen LogP contribution in [0.25, 0.3) is 11.1 Å². The topological polar surface area (TPSA) is 89.9 Å². The van der Waals surface area contributed by atoms with E-state index in [4.69, 9.17) is 24.9 Å². The minimum atomic E-state index is -0.592. The maximum absolute atomic E-state index is 9.19. The Kier molecular flexibility index (Phi) is 3.59. The van der Waals surface area contributed by atoms with Gasteiger partial charge in [0.2, 0.25) is 0 Å². The zero-order chi connectivity index (χ0) is 18.4. The van der Waals surface area contributed by atoms with Crippen LogP contribution in [0.1, 0.15) is 17.5 Å². The molecule has 0 bridgehead atoms. The first kappa shape index (κ1) is 16.2. The molecule has 27 heavy (non-hydrogen) atoms. The number of benzene rings is 2. The molecule has 1 saturated heterocycles. The Morgan fingerprint density at radius 1 is 1.19 bits per heavy atom. The first-order chi connectivity index (χ1) is 13.2. The van der Waals surface area contributed by atoms with Gasteiger partial charge in [0.1, 0.15) is 24.0 Å². The van der Waals surface area contributed by atoms with Crippen molar-refractivity contribution in [2.45, 2.75) is 18.1 Å². The minimum Gasteiger partial charge on any atom is -0.489 e. The highest BCUT2D eigenvalue weighted by atomic mass is 16.5. The van der Waals surface area contributed by atoms with E-state index in [1.54, 1.807) is 6.07 Å². The van der Waals surface area contributed by atoms with Gasteiger partial charge in [0.15, 0.2) is 0 Å². The third-order valence-corrected chi connectivity index (χ3v) is 5.71. The molecule has 6 heteroatoms. The van der Waals surface area contributed by atoms with E-state index in [1.807, 2.05) is 30.3 Å². The fourth-order valence-electron chi connectivity index (χ4n) is 4.36. The van der Waals surface area contributed by atoms with Crippen molar-refractivity contribution in [1.82, 2.24) is 0 Å². The highest BCUT2D eigenvalue weighted by Gasteiger charge is 2.54. The first-order valence-corrected chi connectivity index (χ1v) is 9.07. The van der Waals surface area contributed by atoms with Crippen LogP contribution in [0, 0.1) is 17.2 Å². The predicted octanol–water partition coefficient (Wildman–Crippen LogP) is 2.56. The number of amidine groups is 1. The summed E-state index contributed by atoms with van der Waals surface area (Å²) in [7, 11) is 0. The Bertz CT molecular complexity index is 981. The zero-order valence-electron chi connectivity index (χ0n) is 14.7. The minimum absolute atomic E-state index is 0.0391. The first-order valence-electron chi connectivity index (χ1n) is 9.07. The van der Waals surface area contributed by atoms with Crippen molar-refractivity contribution < 1.29 is 14.2 Å². The van der Waals surface area contributed by atoms with Crippen LogP contribution in [0.4, 0.5) is 0 Å². The molecule has 2 aromatic carbocycles. The summed E-state index contributed by atoms with van der Waals surface area (Å²) in [5.74, 6) is 0.876. The fourth-order valence-corrected chi connectivity index (χ4v) is 4.36. The number of rotatable bonds is 1. The second-order valence-corrected chi connectivity index (χ2v) is 7.19. The van der Waals surface area contributed by atoms with E-state index in [0.29, 0.717) is 25.4 Å². The van der Waals surface area contributed by atoms with Crippen molar-refractivity contribution in [3.05, 3.63) is 53.6 Å². The van der Waals surface area contributed by atoms with Crippen molar-refractivity contribution in [2.24, 2.45) is 16.6 Å². The third-order valence-electron chi connectivity index (χ3n) is 5.71. The molecule has 0 aromatic heterocycles. The highest BCUT2D eigenvalue weighted by Crippen LogP contribution is 2.50. The van der Waals surface area contributed by atoms with Crippen LogP contribution in [0.3, 0.4) is 0 Å². The lowest BCUT2D eigenvalue weighted by Crippen LogP contribution is -2.52. The lowest BCUT2D eigenvalue weighted by atomic mass is 9.72. The number of hydrogen-bond donors (Lipinski definition) is 1. The Labute approximate surface area is 157 Å². The van der Waals surface area contributed by atoms with E-state index in [2.05, 4.69) is 12.1 Å². The number of hydrogen-bond acceptors (Lipinski definition) is 6. The second-order valence-electron chi connectivity index (χ2n) is 7.19. The van der Waals surface area contributed by atoms with Gasteiger partial charge in [-0.1, -0.05) is 18.2 Å². The quantitative estimate of drug-likeness (QED) is 0.843. The van der Waals surface area contributed by atoms with Crippen molar-refractivity contribution >= 4 is 6.02 Å². The smallest absolute Gasteiger partial charge is 0.283 e. The van der Waals surface area contributed by atoms with Gasteiger partial charge >= 0.3 is 0 Å². The molecule has 136 valence electrons. The van der Waals surface area contributed by atoms with E-state index < -0.39 is 5.54 Å².